The lowest BCUT2D eigenvalue weighted by molar-refractivity contribution is -0.115. The molecule has 0 radical (unpaired) electrons. The van der Waals surface area contributed by atoms with Crippen LogP contribution >= 0.6 is 0 Å². The summed E-state index contributed by atoms with van der Waals surface area (Å²) in [5.41, 5.74) is -5.95. The maximum Gasteiger partial charge on any atom is 0.224 e. The highest BCUT2D eigenvalue weighted by Gasteiger charge is 2.34. The van der Waals surface area contributed by atoms with E-state index in [1.165, 1.54) is 12.2 Å². The Labute approximate surface area is 139 Å². The summed E-state index contributed by atoms with van der Waals surface area (Å²) in [5.74, 6) is -23.7. The van der Waals surface area contributed by atoms with Crippen LogP contribution in [-0.2, 0) is 4.79 Å². The lowest BCUT2D eigenvalue weighted by Gasteiger charge is -2.14. The Morgan fingerprint density at radius 1 is 0.615 bits per heavy atom. The van der Waals surface area contributed by atoms with Gasteiger partial charge in [0.2, 0.25) is 11.7 Å². The monoisotopic (exact) mass is 387 g/mol. The molecule has 0 heterocycles. The third-order valence-corrected chi connectivity index (χ3v) is 3.31. The highest BCUT2D eigenvalue weighted by molar-refractivity contribution is 5.91. The van der Waals surface area contributed by atoms with Gasteiger partial charge in [-0.3, -0.25) is 4.79 Å². The minimum Gasteiger partial charge on any atom is -0.321 e. The van der Waals surface area contributed by atoms with Crippen LogP contribution in [0.4, 0.5) is 45.2 Å². The Bertz CT molecular complexity index is 868. The standard InChI is InChI=1S/C15H6F9NO/c1-2-3(26)25-15-13(23)8(18)5(9(19)14(15)24)4-6(16)10(20)12(22)11(21)7(4)17/h2H2,1H3,(H,25,26). The van der Waals surface area contributed by atoms with Crippen LogP contribution in [0.2, 0.25) is 0 Å². The molecule has 0 unspecified atom stereocenters. The molecule has 0 fully saturated rings. The summed E-state index contributed by atoms with van der Waals surface area (Å²) in [6, 6.07) is 0. The smallest absolute Gasteiger partial charge is 0.224 e. The maximum absolute atomic E-state index is 14.1. The summed E-state index contributed by atoms with van der Waals surface area (Å²) in [4.78, 5) is 11.1. The van der Waals surface area contributed by atoms with E-state index in [0.717, 1.165) is 0 Å². The number of rotatable bonds is 3. The van der Waals surface area contributed by atoms with Crippen molar-refractivity contribution in [2.45, 2.75) is 13.3 Å². The van der Waals surface area contributed by atoms with E-state index < -0.39 is 75.1 Å². The van der Waals surface area contributed by atoms with Crippen LogP contribution in [0, 0.1) is 52.4 Å². The number of anilines is 1. The fourth-order valence-corrected chi connectivity index (χ4v) is 2.01. The van der Waals surface area contributed by atoms with E-state index in [2.05, 4.69) is 0 Å². The van der Waals surface area contributed by atoms with Gasteiger partial charge < -0.3 is 5.32 Å². The molecular formula is C15H6F9NO. The minimum atomic E-state index is -2.65. The van der Waals surface area contributed by atoms with Crippen LogP contribution in [0.1, 0.15) is 13.3 Å². The van der Waals surface area contributed by atoms with Gasteiger partial charge in [-0.15, -0.1) is 0 Å². The SMILES string of the molecule is CCC(=O)Nc1c(F)c(F)c(-c2c(F)c(F)c(F)c(F)c2F)c(F)c1F. The largest absolute Gasteiger partial charge is 0.321 e. The van der Waals surface area contributed by atoms with Gasteiger partial charge in [-0.25, -0.2) is 39.5 Å². The summed E-state index contributed by atoms with van der Waals surface area (Å²) in [6.45, 7) is 1.24. The molecule has 1 N–H and O–H groups in total. The average molecular weight is 387 g/mol. The highest BCUT2D eigenvalue weighted by atomic mass is 19.2. The van der Waals surface area contributed by atoms with Gasteiger partial charge in [0.1, 0.15) is 5.69 Å². The van der Waals surface area contributed by atoms with E-state index in [0.29, 0.717) is 0 Å². The van der Waals surface area contributed by atoms with Crippen molar-refractivity contribution in [1.29, 1.82) is 0 Å². The summed E-state index contributed by atoms with van der Waals surface area (Å²) < 4.78 is 123. The van der Waals surface area contributed by atoms with E-state index in [1.54, 1.807) is 0 Å². The fourth-order valence-electron chi connectivity index (χ4n) is 2.01. The number of amides is 1. The van der Waals surface area contributed by atoms with Crippen LogP contribution in [0.25, 0.3) is 11.1 Å². The Morgan fingerprint density at radius 2 is 0.923 bits per heavy atom. The second kappa shape index (κ2) is 6.89. The topological polar surface area (TPSA) is 29.1 Å². The van der Waals surface area contributed by atoms with E-state index in [1.807, 2.05) is 0 Å². The van der Waals surface area contributed by atoms with Crippen molar-refractivity contribution >= 4 is 11.6 Å². The third kappa shape index (κ3) is 2.86. The molecule has 1 amide bonds. The number of carbonyl (C=O) groups is 1. The van der Waals surface area contributed by atoms with Gasteiger partial charge in [0.15, 0.2) is 46.5 Å². The summed E-state index contributed by atoms with van der Waals surface area (Å²) in [7, 11) is 0. The Hall–Kier alpha value is -2.72. The minimum absolute atomic E-state index is 0.346. The molecule has 0 aliphatic rings. The zero-order valence-corrected chi connectivity index (χ0v) is 12.5. The molecule has 2 rings (SSSR count). The van der Waals surface area contributed by atoms with Gasteiger partial charge in [-0.1, -0.05) is 6.92 Å². The van der Waals surface area contributed by atoms with Crippen molar-refractivity contribution < 1.29 is 44.3 Å². The first-order chi connectivity index (χ1) is 12.0. The summed E-state index contributed by atoms with van der Waals surface area (Å²) in [5, 5.41) is 1.49. The van der Waals surface area contributed by atoms with Gasteiger partial charge in [-0.2, -0.15) is 0 Å². The quantitative estimate of drug-likeness (QED) is 0.451. The third-order valence-electron chi connectivity index (χ3n) is 3.31. The molecule has 2 aromatic carbocycles. The molecule has 0 bridgehead atoms. The lowest BCUT2D eigenvalue weighted by atomic mass is 10.0. The van der Waals surface area contributed by atoms with Crippen LogP contribution < -0.4 is 5.32 Å². The van der Waals surface area contributed by atoms with Crippen molar-refractivity contribution in [2.24, 2.45) is 0 Å². The van der Waals surface area contributed by atoms with Crippen LogP contribution in [0.5, 0.6) is 0 Å². The molecule has 11 heteroatoms. The van der Waals surface area contributed by atoms with Crippen LogP contribution in [-0.4, -0.2) is 5.91 Å². The molecule has 0 aromatic heterocycles. The normalized spacial score (nSPS) is 11.0. The molecule has 0 saturated carbocycles. The summed E-state index contributed by atoms with van der Waals surface area (Å²) >= 11 is 0. The molecule has 0 saturated heterocycles. The first kappa shape index (κ1) is 19.6. The molecular weight excluding hydrogens is 381 g/mol. The number of hydrogen-bond acceptors (Lipinski definition) is 1. The Balaban J connectivity index is 2.88. The van der Waals surface area contributed by atoms with Gasteiger partial charge in [0.25, 0.3) is 0 Å². The number of nitrogens with one attached hydrogen (secondary N) is 1. The summed E-state index contributed by atoms with van der Waals surface area (Å²) in [6.07, 6.45) is -0.346. The van der Waals surface area contributed by atoms with Crippen molar-refractivity contribution in [2.75, 3.05) is 5.32 Å². The number of hydrogen-bond donors (Lipinski definition) is 1. The van der Waals surface area contributed by atoms with E-state index in [9.17, 15) is 44.3 Å². The molecule has 0 atom stereocenters. The average Bonchev–Trinajstić information content (AvgIpc) is 2.62. The van der Waals surface area contributed by atoms with Gasteiger partial charge in [0, 0.05) is 6.42 Å². The molecule has 2 nitrogen and oxygen atoms in total. The predicted octanol–water partition coefficient (Wildman–Crippen LogP) is 4.95. The maximum atomic E-state index is 14.1. The van der Waals surface area contributed by atoms with Gasteiger partial charge in [0.05, 0.1) is 11.1 Å². The molecule has 140 valence electrons. The number of benzene rings is 2. The lowest BCUT2D eigenvalue weighted by Crippen LogP contribution is -2.16. The molecule has 26 heavy (non-hydrogen) atoms. The zero-order chi connectivity index (χ0) is 19.9. The van der Waals surface area contributed by atoms with Crippen molar-refractivity contribution in [3.63, 3.8) is 0 Å². The molecule has 0 aliphatic carbocycles. The first-order valence-electron chi connectivity index (χ1n) is 6.72. The van der Waals surface area contributed by atoms with E-state index >= 15 is 0 Å². The van der Waals surface area contributed by atoms with Crippen LogP contribution in [0.15, 0.2) is 0 Å². The molecule has 0 spiro atoms. The fraction of sp³-hybridized carbons (Fsp3) is 0.133. The number of halogens is 9. The van der Waals surface area contributed by atoms with Gasteiger partial charge >= 0.3 is 0 Å². The molecule has 0 aliphatic heterocycles. The van der Waals surface area contributed by atoms with Crippen molar-refractivity contribution in [3.8, 4) is 11.1 Å². The zero-order valence-electron chi connectivity index (χ0n) is 12.5. The van der Waals surface area contributed by atoms with Crippen LogP contribution in [0.3, 0.4) is 0 Å². The second-order valence-corrected chi connectivity index (χ2v) is 4.85. The number of carbonyl (C=O) groups excluding carboxylic acids is 1. The first-order valence-corrected chi connectivity index (χ1v) is 6.72. The second-order valence-electron chi connectivity index (χ2n) is 4.85. The molecule has 2 aromatic rings. The predicted molar refractivity (Wildman–Crippen MR) is 70.4 cm³/mol. The van der Waals surface area contributed by atoms with E-state index in [4.69, 9.17) is 0 Å². The van der Waals surface area contributed by atoms with Gasteiger partial charge in [-0.05, 0) is 0 Å². The van der Waals surface area contributed by atoms with Crippen molar-refractivity contribution in [3.05, 3.63) is 52.4 Å². The Morgan fingerprint density at radius 3 is 1.27 bits per heavy atom. The Kier molecular flexibility index (Phi) is 5.19. The highest BCUT2D eigenvalue weighted by Crippen LogP contribution is 2.39. The van der Waals surface area contributed by atoms with E-state index in [-0.39, 0.29) is 6.42 Å². The van der Waals surface area contributed by atoms with Crippen molar-refractivity contribution in [1.82, 2.24) is 0 Å².